The average molecular weight is 369 g/mol. The van der Waals surface area contributed by atoms with Gasteiger partial charge in [-0.2, -0.15) is 0 Å². The summed E-state index contributed by atoms with van der Waals surface area (Å²) in [7, 11) is 0. The summed E-state index contributed by atoms with van der Waals surface area (Å²) in [5.41, 5.74) is 4.55. The van der Waals surface area contributed by atoms with E-state index in [1.807, 2.05) is 0 Å². The van der Waals surface area contributed by atoms with E-state index in [0.29, 0.717) is 19.3 Å². The summed E-state index contributed by atoms with van der Waals surface area (Å²) in [6.07, 6.45) is -0.0981. The molecule has 6 atom stereocenters. The first-order valence-corrected chi connectivity index (χ1v) is 8.30. The summed E-state index contributed by atoms with van der Waals surface area (Å²) >= 11 is 6.48. The maximum Gasteiger partial charge on any atom is 0.380 e. The highest BCUT2D eigenvalue weighted by atomic mass is 35.5. The first-order chi connectivity index (χ1) is 11.9. The number of rotatable bonds is 3. The van der Waals surface area contributed by atoms with Crippen LogP contribution in [0.15, 0.2) is 23.8 Å². The molecule has 6 unspecified atom stereocenters. The Balaban J connectivity index is 1.74. The second-order valence-corrected chi connectivity index (χ2v) is 6.70. The van der Waals surface area contributed by atoms with Crippen LogP contribution in [-0.2, 0) is 19.1 Å². The molecule has 3 N–H and O–H groups in total. The van der Waals surface area contributed by atoms with Crippen molar-refractivity contribution >= 4 is 29.5 Å². The first kappa shape index (κ1) is 17.6. The predicted octanol–water partition coefficient (Wildman–Crippen LogP) is 0.868. The van der Waals surface area contributed by atoms with Crippen LogP contribution in [-0.4, -0.2) is 46.8 Å². The number of carbonyl (C=O) groups excluding carboxylic acids is 2. The van der Waals surface area contributed by atoms with Crippen molar-refractivity contribution in [2.75, 3.05) is 0 Å². The van der Waals surface area contributed by atoms with Gasteiger partial charge in [-0.25, -0.2) is 9.59 Å². The fourth-order valence-corrected chi connectivity index (χ4v) is 4.01. The van der Waals surface area contributed by atoms with Gasteiger partial charge in [0.1, 0.15) is 12.3 Å². The number of carboxylic acid groups (broad SMARTS) is 1. The van der Waals surface area contributed by atoms with Gasteiger partial charge in [0, 0.05) is 0 Å². The van der Waals surface area contributed by atoms with Crippen LogP contribution in [0.25, 0.3) is 0 Å². The quantitative estimate of drug-likeness (QED) is 0.295. The minimum Gasteiger partial charge on any atom is -0.475 e. The molecular formula is C16H17ClN2O6. The van der Waals surface area contributed by atoms with Gasteiger partial charge >= 0.3 is 12.0 Å². The standard InChI is InChI=1S/C16H17ClN2O6/c1-2-3-10(15(21)22)24-9-5-4-7-6-8-13(20)18-16(23)19-14(8)25-12(7)11(9)17/h7-9,11-12,14H,1,4-6H2,(H,21,22)(H2,18,19,20,23). The fourth-order valence-electron chi connectivity index (χ4n) is 3.56. The number of hydrogen-bond acceptors (Lipinski definition) is 5. The Kier molecular flexibility index (Phi) is 4.88. The molecular weight excluding hydrogens is 352 g/mol. The molecule has 134 valence electrons. The molecule has 0 radical (unpaired) electrons. The maximum absolute atomic E-state index is 12.0. The Morgan fingerprint density at radius 1 is 1.40 bits per heavy atom. The lowest BCUT2D eigenvalue weighted by Crippen LogP contribution is -2.65. The fraction of sp³-hybridized carbons (Fsp3) is 0.562. The van der Waals surface area contributed by atoms with E-state index in [1.165, 1.54) is 0 Å². The molecule has 25 heavy (non-hydrogen) atoms. The summed E-state index contributed by atoms with van der Waals surface area (Å²) in [6, 6.07) is -0.605. The van der Waals surface area contributed by atoms with E-state index >= 15 is 0 Å². The molecule has 0 aromatic rings. The Labute approximate surface area is 148 Å². The number of imide groups is 1. The molecule has 9 heteroatoms. The van der Waals surface area contributed by atoms with Crippen LogP contribution in [0.5, 0.6) is 0 Å². The van der Waals surface area contributed by atoms with E-state index in [-0.39, 0.29) is 11.8 Å². The molecule has 1 aliphatic carbocycles. The lowest BCUT2D eigenvalue weighted by Gasteiger charge is -2.48. The number of fused-ring (bicyclic) bond motifs is 2. The van der Waals surface area contributed by atoms with E-state index in [0.717, 1.165) is 0 Å². The third kappa shape index (κ3) is 3.43. The van der Waals surface area contributed by atoms with Gasteiger partial charge in [-0.3, -0.25) is 10.1 Å². The van der Waals surface area contributed by atoms with Crippen LogP contribution >= 0.6 is 11.6 Å². The zero-order chi connectivity index (χ0) is 18.1. The lowest BCUT2D eigenvalue weighted by molar-refractivity contribution is -0.169. The predicted molar refractivity (Wildman–Crippen MR) is 84.5 cm³/mol. The highest BCUT2D eigenvalue weighted by molar-refractivity contribution is 6.21. The van der Waals surface area contributed by atoms with E-state index in [9.17, 15) is 14.4 Å². The van der Waals surface area contributed by atoms with Crippen molar-refractivity contribution in [1.82, 2.24) is 10.6 Å². The zero-order valence-corrected chi connectivity index (χ0v) is 13.9. The van der Waals surface area contributed by atoms with Gasteiger partial charge in [0.05, 0.1) is 17.4 Å². The molecule has 0 bridgehead atoms. The van der Waals surface area contributed by atoms with E-state index in [1.54, 1.807) is 0 Å². The molecule has 0 aromatic carbocycles. The van der Waals surface area contributed by atoms with Crippen molar-refractivity contribution in [1.29, 1.82) is 0 Å². The van der Waals surface area contributed by atoms with Crippen molar-refractivity contribution in [3.8, 4) is 0 Å². The number of hydrogen-bond donors (Lipinski definition) is 3. The van der Waals surface area contributed by atoms with Gasteiger partial charge < -0.3 is 19.9 Å². The first-order valence-electron chi connectivity index (χ1n) is 7.86. The third-order valence-corrected chi connectivity index (χ3v) is 5.22. The summed E-state index contributed by atoms with van der Waals surface area (Å²) in [5.74, 6) is -2.50. The van der Waals surface area contributed by atoms with Gasteiger partial charge in [0.25, 0.3) is 5.76 Å². The van der Waals surface area contributed by atoms with Gasteiger partial charge in [0.15, 0.2) is 0 Å². The van der Waals surface area contributed by atoms with Crippen LogP contribution in [0.3, 0.4) is 0 Å². The second-order valence-electron chi connectivity index (χ2n) is 6.20. The number of alkyl halides is 1. The molecule has 3 aliphatic rings. The van der Waals surface area contributed by atoms with Crippen LogP contribution < -0.4 is 10.6 Å². The molecule has 0 spiro atoms. The largest absolute Gasteiger partial charge is 0.475 e. The highest BCUT2D eigenvalue weighted by Crippen LogP contribution is 2.42. The highest BCUT2D eigenvalue weighted by Gasteiger charge is 2.51. The molecule has 2 aliphatic heterocycles. The smallest absolute Gasteiger partial charge is 0.380 e. The Morgan fingerprint density at radius 3 is 2.84 bits per heavy atom. The molecule has 3 amide bonds. The number of amides is 3. The van der Waals surface area contributed by atoms with Crippen LogP contribution in [0.2, 0.25) is 0 Å². The second kappa shape index (κ2) is 6.94. The zero-order valence-electron chi connectivity index (χ0n) is 13.2. The van der Waals surface area contributed by atoms with Gasteiger partial charge in [-0.1, -0.05) is 5.73 Å². The summed E-state index contributed by atoms with van der Waals surface area (Å²) in [4.78, 5) is 34.6. The van der Waals surface area contributed by atoms with Gasteiger partial charge in [0.2, 0.25) is 5.91 Å². The number of carboxylic acids is 1. The molecule has 1 saturated carbocycles. The normalized spacial score (nSPS) is 36.5. The molecule has 8 nitrogen and oxygen atoms in total. The number of nitrogens with one attached hydrogen (secondary N) is 2. The molecule has 3 fully saturated rings. The van der Waals surface area contributed by atoms with Crippen molar-refractivity contribution in [3.63, 3.8) is 0 Å². The number of carbonyl (C=O) groups is 3. The third-order valence-electron chi connectivity index (χ3n) is 4.69. The SMILES string of the molecule is C=C=C=C(OC1CCC2CC3C(=O)NC(=O)NC3OC2C1Cl)C(=O)O. The summed E-state index contributed by atoms with van der Waals surface area (Å²) in [6.45, 7) is 3.28. The van der Waals surface area contributed by atoms with Gasteiger partial charge in [-0.15, -0.1) is 11.6 Å². The van der Waals surface area contributed by atoms with E-state index < -0.39 is 47.5 Å². The van der Waals surface area contributed by atoms with Crippen molar-refractivity contribution in [2.45, 2.75) is 43.1 Å². The average Bonchev–Trinajstić information content (AvgIpc) is 2.55. The Hall–Kier alpha value is -2.24. The monoisotopic (exact) mass is 368 g/mol. The molecule has 2 saturated heterocycles. The number of ether oxygens (including phenoxy) is 2. The number of halogens is 1. The Morgan fingerprint density at radius 2 is 2.16 bits per heavy atom. The van der Waals surface area contributed by atoms with Gasteiger partial charge in [-0.05, 0) is 37.5 Å². The minimum atomic E-state index is -1.29. The molecule has 0 aromatic heterocycles. The van der Waals surface area contributed by atoms with E-state index in [4.69, 9.17) is 26.2 Å². The summed E-state index contributed by atoms with van der Waals surface area (Å²) < 4.78 is 11.3. The van der Waals surface area contributed by atoms with Crippen LogP contribution in [0.4, 0.5) is 4.79 Å². The van der Waals surface area contributed by atoms with Crippen LogP contribution in [0.1, 0.15) is 19.3 Å². The maximum atomic E-state index is 12.0. The number of aliphatic carboxylic acids is 1. The van der Waals surface area contributed by atoms with Crippen molar-refractivity contribution in [3.05, 3.63) is 23.8 Å². The molecule has 3 rings (SSSR count). The topological polar surface area (TPSA) is 114 Å². The summed E-state index contributed by atoms with van der Waals surface area (Å²) in [5, 5.41) is 13.3. The van der Waals surface area contributed by atoms with Crippen molar-refractivity contribution in [2.24, 2.45) is 11.8 Å². The van der Waals surface area contributed by atoms with Crippen LogP contribution in [0, 0.1) is 11.8 Å². The lowest BCUT2D eigenvalue weighted by atomic mass is 9.76. The van der Waals surface area contributed by atoms with Crippen molar-refractivity contribution < 1.29 is 29.0 Å². The van der Waals surface area contributed by atoms with E-state index in [2.05, 4.69) is 28.7 Å². The Bertz CT molecular complexity index is 697. The minimum absolute atomic E-state index is 0.0246. The molecule has 2 heterocycles. The number of urea groups is 1.